The summed E-state index contributed by atoms with van der Waals surface area (Å²) in [5.41, 5.74) is 0.834. The largest absolute Gasteiger partial charge is 0.494 e. The maximum absolute atomic E-state index is 9.98. The van der Waals surface area contributed by atoms with E-state index in [2.05, 4.69) is 6.92 Å². The van der Waals surface area contributed by atoms with E-state index in [0.29, 0.717) is 19.8 Å². The number of ether oxygens (including phenoxy) is 3. The van der Waals surface area contributed by atoms with Crippen LogP contribution >= 0.6 is 0 Å². The van der Waals surface area contributed by atoms with E-state index < -0.39 is 6.10 Å². The highest BCUT2D eigenvalue weighted by atomic mass is 16.5. The summed E-state index contributed by atoms with van der Waals surface area (Å²) in [6.07, 6.45) is 1.60. The molecule has 20 heavy (non-hydrogen) atoms. The van der Waals surface area contributed by atoms with Crippen LogP contribution in [0.2, 0.25) is 0 Å². The lowest BCUT2D eigenvalue weighted by Crippen LogP contribution is -2.11. The van der Waals surface area contributed by atoms with Crippen LogP contribution in [0.3, 0.4) is 0 Å². The maximum Gasteiger partial charge on any atom is 0.119 e. The zero-order valence-electron chi connectivity index (χ0n) is 12.5. The molecule has 0 aliphatic carbocycles. The van der Waals surface area contributed by atoms with Crippen LogP contribution in [0.15, 0.2) is 24.3 Å². The molecule has 1 N–H and O–H groups in total. The summed E-state index contributed by atoms with van der Waals surface area (Å²) in [6, 6.07) is 7.43. The Hall–Kier alpha value is -1.10. The SMILES string of the molecule is CCCCOCCOCC(O)c1ccc(OCC)cc1. The van der Waals surface area contributed by atoms with E-state index in [-0.39, 0.29) is 6.61 Å². The predicted molar refractivity (Wildman–Crippen MR) is 79.1 cm³/mol. The Labute approximate surface area is 121 Å². The first-order valence-corrected chi connectivity index (χ1v) is 7.34. The van der Waals surface area contributed by atoms with E-state index in [9.17, 15) is 5.11 Å². The van der Waals surface area contributed by atoms with Gasteiger partial charge in [0.05, 0.1) is 26.4 Å². The number of benzene rings is 1. The Morgan fingerprint density at radius 3 is 2.35 bits per heavy atom. The molecule has 1 aromatic rings. The fraction of sp³-hybridized carbons (Fsp3) is 0.625. The molecule has 1 atom stereocenters. The van der Waals surface area contributed by atoms with Crippen molar-refractivity contribution < 1.29 is 19.3 Å². The number of unbranched alkanes of at least 4 members (excludes halogenated alkanes) is 1. The minimum absolute atomic E-state index is 0.283. The molecule has 0 amide bonds. The summed E-state index contributed by atoms with van der Waals surface area (Å²) >= 11 is 0. The van der Waals surface area contributed by atoms with E-state index in [1.165, 1.54) is 0 Å². The van der Waals surface area contributed by atoms with E-state index in [0.717, 1.165) is 30.8 Å². The Balaban J connectivity index is 2.17. The van der Waals surface area contributed by atoms with Crippen molar-refractivity contribution >= 4 is 0 Å². The van der Waals surface area contributed by atoms with Gasteiger partial charge in [-0.1, -0.05) is 25.5 Å². The topological polar surface area (TPSA) is 47.9 Å². The fourth-order valence-electron chi connectivity index (χ4n) is 1.71. The van der Waals surface area contributed by atoms with E-state index in [1.807, 2.05) is 31.2 Å². The molecular weight excluding hydrogens is 256 g/mol. The smallest absolute Gasteiger partial charge is 0.119 e. The van der Waals surface area contributed by atoms with Crippen molar-refractivity contribution in [3.05, 3.63) is 29.8 Å². The summed E-state index contributed by atoms with van der Waals surface area (Å²) in [7, 11) is 0. The molecule has 0 bridgehead atoms. The lowest BCUT2D eigenvalue weighted by Gasteiger charge is -2.12. The first-order valence-electron chi connectivity index (χ1n) is 7.34. The van der Waals surface area contributed by atoms with Gasteiger partial charge in [0.15, 0.2) is 0 Å². The number of aliphatic hydroxyl groups excluding tert-OH is 1. The van der Waals surface area contributed by atoms with Crippen LogP contribution in [-0.2, 0) is 9.47 Å². The predicted octanol–water partition coefficient (Wildman–Crippen LogP) is 2.95. The molecule has 0 saturated carbocycles. The van der Waals surface area contributed by atoms with Gasteiger partial charge in [0.25, 0.3) is 0 Å². The van der Waals surface area contributed by atoms with Gasteiger partial charge in [0, 0.05) is 6.61 Å². The zero-order valence-corrected chi connectivity index (χ0v) is 12.5. The summed E-state index contributed by atoms with van der Waals surface area (Å²) in [4.78, 5) is 0. The quantitative estimate of drug-likeness (QED) is 0.634. The van der Waals surface area contributed by atoms with Gasteiger partial charge >= 0.3 is 0 Å². The highest BCUT2D eigenvalue weighted by Gasteiger charge is 2.07. The van der Waals surface area contributed by atoms with Crippen LogP contribution in [0.1, 0.15) is 38.4 Å². The maximum atomic E-state index is 9.98. The summed E-state index contributed by atoms with van der Waals surface area (Å²) < 4.78 is 16.1. The van der Waals surface area contributed by atoms with Crippen LogP contribution in [0.4, 0.5) is 0 Å². The second-order valence-electron chi connectivity index (χ2n) is 4.56. The van der Waals surface area contributed by atoms with Crippen molar-refractivity contribution in [2.75, 3.05) is 33.0 Å². The van der Waals surface area contributed by atoms with Crippen LogP contribution < -0.4 is 4.74 Å². The average molecular weight is 282 g/mol. The molecule has 4 heteroatoms. The first-order chi connectivity index (χ1) is 9.77. The van der Waals surface area contributed by atoms with Crippen LogP contribution in [0.5, 0.6) is 5.75 Å². The zero-order chi connectivity index (χ0) is 14.6. The van der Waals surface area contributed by atoms with Gasteiger partial charge in [0.2, 0.25) is 0 Å². The molecule has 1 unspecified atom stereocenters. The molecule has 1 aromatic carbocycles. The number of hydrogen-bond donors (Lipinski definition) is 1. The van der Waals surface area contributed by atoms with Crippen molar-refractivity contribution in [2.45, 2.75) is 32.8 Å². The van der Waals surface area contributed by atoms with Gasteiger partial charge in [0.1, 0.15) is 11.9 Å². The molecule has 0 spiro atoms. The van der Waals surface area contributed by atoms with Gasteiger partial charge in [-0.05, 0) is 31.0 Å². The molecule has 0 heterocycles. The highest BCUT2D eigenvalue weighted by molar-refractivity contribution is 5.28. The Bertz CT molecular complexity index is 337. The lowest BCUT2D eigenvalue weighted by molar-refractivity contribution is 0.00274. The summed E-state index contributed by atoms with van der Waals surface area (Å²) in [5, 5.41) is 9.98. The average Bonchev–Trinajstić information content (AvgIpc) is 2.47. The second-order valence-corrected chi connectivity index (χ2v) is 4.56. The monoisotopic (exact) mass is 282 g/mol. The van der Waals surface area contributed by atoms with E-state index >= 15 is 0 Å². The van der Waals surface area contributed by atoms with Gasteiger partial charge in [-0.2, -0.15) is 0 Å². The third-order valence-electron chi connectivity index (χ3n) is 2.87. The molecule has 0 aromatic heterocycles. The van der Waals surface area contributed by atoms with E-state index in [4.69, 9.17) is 14.2 Å². The molecule has 0 radical (unpaired) electrons. The third kappa shape index (κ3) is 6.89. The molecule has 1 rings (SSSR count). The van der Waals surface area contributed by atoms with Gasteiger partial charge in [-0.15, -0.1) is 0 Å². The second kappa shape index (κ2) is 10.7. The number of rotatable bonds is 11. The van der Waals surface area contributed by atoms with Gasteiger partial charge in [-0.25, -0.2) is 0 Å². The van der Waals surface area contributed by atoms with Gasteiger partial charge < -0.3 is 19.3 Å². The van der Waals surface area contributed by atoms with Crippen molar-refractivity contribution in [3.63, 3.8) is 0 Å². The summed E-state index contributed by atoms with van der Waals surface area (Å²) in [5.74, 6) is 0.814. The molecular formula is C16H26O4. The minimum Gasteiger partial charge on any atom is -0.494 e. The van der Waals surface area contributed by atoms with Gasteiger partial charge in [-0.3, -0.25) is 0 Å². The fourth-order valence-corrected chi connectivity index (χ4v) is 1.71. The first kappa shape index (κ1) is 17.0. The lowest BCUT2D eigenvalue weighted by atomic mass is 10.1. The third-order valence-corrected chi connectivity index (χ3v) is 2.87. The molecule has 4 nitrogen and oxygen atoms in total. The van der Waals surface area contributed by atoms with Crippen molar-refractivity contribution in [1.29, 1.82) is 0 Å². The summed E-state index contributed by atoms with van der Waals surface area (Å²) in [6.45, 7) is 6.87. The molecule has 0 saturated heterocycles. The number of hydrogen-bond acceptors (Lipinski definition) is 4. The molecule has 0 aliphatic rings. The van der Waals surface area contributed by atoms with Crippen LogP contribution in [0, 0.1) is 0 Å². The Morgan fingerprint density at radius 2 is 1.70 bits per heavy atom. The number of aliphatic hydroxyl groups is 1. The normalized spacial score (nSPS) is 12.3. The molecule has 114 valence electrons. The Morgan fingerprint density at radius 1 is 1.00 bits per heavy atom. The molecule has 0 aliphatic heterocycles. The Kier molecular flexibility index (Phi) is 9.04. The van der Waals surface area contributed by atoms with Crippen molar-refractivity contribution in [2.24, 2.45) is 0 Å². The standard InChI is InChI=1S/C16H26O4/c1-3-5-10-18-11-12-19-13-16(17)14-6-8-15(9-7-14)20-4-2/h6-9,16-17H,3-5,10-13H2,1-2H3. The van der Waals surface area contributed by atoms with Crippen molar-refractivity contribution in [3.8, 4) is 5.75 Å². The highest BCUT2D eigenvalue weighted by Crippen LogP contribution is 2.18. The van der Waals surface area contributed by atoms with Crippen LogP contribution in [-0.4, -0.2) is 38.1 Å². The van der Waals surface area contributed by atoms with Crippen LogP contribution in [0.25, 0.3) is 0 Å². The van der Waals surface area contributed by atoms with Crippen molar-refractivity contribution in [1.82, 2.24) is 0 Å². The molecule has 0 fully saturated rings. The van der Waals surface area contributed by atoms with E-state index in [1.54, 1.807) is 0 Å². The minimum atomic E-state index is -0.610.